The number of fused-ring (bicyclic) bond motifs is 2. The van der Waals surface area contributed by atoms with Crippen molar-refractivity contribution >= 4 is 75.0 Å². The standard InChI is InChI=1S/C38H67NO6SSi2.C26H39NO6S/c1-13-47(14-2,15-3)44-34-24-35(40)43-32(27(8)22-30-25-46-29(10)39-30)23-33-31(42-33)21-19-20-26(7)36(28(9)37(41)38(34,11)12)45-48(16-4,17-5)18-6;1-14-8-7-9-19-21(32-19)11-20(15(2)10-18-13-34-17(4)27-18)33-23(29)12-22(28)26(5,6)25(31)16(3)24(14)30/h22,25-26,28,31-34,36H,13-21,23-24H2,1-12H3;10,13-14,16,19-22,24,28,30H,7-9,11-12H2,1-6H3/b27-22+;15-10+/t26-,28+,31+,32-,33?,34-,36-;14-,16+,19+,20-,21?,22-,24-/m00/s1. The minimum Gasteiger partial charge on any atom is -0.458 e. The van der Waals surface area contributed by atoms with Crippen molar-refractivity contribution in [2.75, 3.05) is 0 Å². The van der Waals surface area contributed by atoms with Gasteiger partial charge in [0.1, 0.15) is 23.8 Å². The van der Waals surface area contributed by atoms with Crippen molar-refractivity contribution in [2.45, 2.75) is 286 Å². The van der Waals surface area contributed by atoms with E-state index in [9.17, 15) is 29.4 Å². The van der Waals surface area contributed by atoms with Crippen LogP contribution in [0.3, 0.4) is 0 Å². The van der Waals surface area contributed by atoms with E-state index >= 15 is 0 Å². The van der Waals surface area contributed by atoms with Crippen molar-refractivity contribution in [3.63, 3.8) is 0 Å². The number of carbonyl (C=O) groups is 4. The average molecular weight is 1220 g/mol. The van der Waals surface area contributed by atoms with E-state index in [1.807, 2.05) is 71.4 Å². The van der Waals surface area contributed by atoms with E-state index in [0.29, 0.717) is 12.8 Å². The third-order valence-electron chi connectivity index (χ3n) is 19.4. The van der Waals surface area contributed by atoms with E-state index < -0.39 is 69.9 Å². The summed E-state index contributed by atoms with van der Waals surface area (Å²) in [6, 6.07) is 5.92. The number of aromatic nitrogens is 2. The average Bonchev–Trinajstić information content (AvgIpc) is 4.24. The number of rotatable bonds is 14. The van der Waals surface area contributed by atoms with Crippen molar-refractivity contribution in [1.82, 2.24) is 9.97 Å². The number of hydrogen-bond acceptors (Lipinski definition) is 16. The van der Waals surface area contributed by atoms with Gasteiger partial charge in [-0.1, -0.05) is 110 Å². The molecule has 4 saturated heterocycles. The molecule has 6 rings (SSSR count). The first-order valence-electron chi connectivity index (χ1n) is 31.2. The summed E-state index contributed by atoms with van der Waals surface area (Å²) in [6.45, 7) is 36.4. The largest absolute Gasteiger partial charge is 0.458 e. The lowest BCUT2D eigenvalue weighted by Gasteiger charge is -2.44. The molecule has 2 unspecified atom stereocenters. The Hall–Kier alpha value is -2.79. The predicted molar refractivity (Wildman–Crippen MR) is 335 cm³/mol. The fraction of sp³-hybridized carbons (Fsp3) is 0.781. The van der Waals surface area contributed by atoms with Gasteiger partial charge in [-0.25, -0.2) is 9.97 Å². The van der Waals surface area contributed by atoms with Gasteiger partial charge in [0.2, 0.25) is 0 Å². The first-order valence-corrected chi connectivity index (χ1v) is 38.1. The molecule has 0 aliphatic carbocycles. The molecule has 4 aliphatic heterocycles. The van der Waals surface area contributed by atoms with E-state index in [2.05, 4.69) is 65.4 Å². The Labute approximate surface area is 503 Å². The molecule has 0 saturated carbocycles. The summed E-state index contributed by atoms with van der Waals surface area (Å²) in [5.41, 5.74) is 1.42. The normalized spacial score (nSPS) is 32.3. The van der Waals surface area contributed by atoms with Crippen molar-refractivity contribution in [2.24, 2.45) is 34.5 Å². The fourth-order valence-corrected chi connectivity index (χ4v) is 19.7. The summed E-state index contributed by atoms with van der Waals surface area (Å²) in [5, 5.41) is 27.5. The maximum absolute atomic E-state index is 14.9. The van der Waals surface area contributed by atoms with Gasteiger partial charge >= 0.3 is 11.9 Å². The zero-order chi connectivity index (χ0) is 61.1. The van der Waals surface area contributed by atoms with Crippen LogP contribution in [0.4, 0.5) is 0 Å². The molecule has 4 fully saturated rings. The van der Waals surface area contributed by atoms with Crippen LogP contribution in [0.2, 0.25) is 36.3 Å². The van der Waals surface area contributed by atoms with Crippen LogP contribution in [0, 0.1) is 48.3 Å². The lowest BCUT2D eigenvalue weighted by Crippen LogP contribution is -2.53. The molecule has 2 aromatic heterocycles. The van der Waals surface area contributed by atoms with Crippen LogP contribution in [0.1, 0.15) is 196 Å². The van der Waals surface area contributed by atoms with Crippen molar-refractivity contribution < 1.29 is 57.2 Å². The maximum Gasteiger partial charge on any atom is 0.309 e. The Morgan fingerprint density at radius 1 is 0.610 bits per heavy atom. The van der Waals surface area contributed by atoms with Gasteiger partial charge in [-0.05, 0) is 125 Å². The molecular weight excluding hydrogens is 1110 g/mol. The Kier molecular flexibility index (Phi) is 26.2. The second-order valence-electron chi connectivity index (χ2n) is 25.9. The molecule has 4 aliphatic rings. The zero-order valence-corrected chi connectivity index (χ0v) is 57.0. The lowest BCUT2D eigenvalue weighted by atomic mass is 9.73. The highest BCUT2D eigenvalue weighted by atomic mass is 32.1. The number of ketones is 2. The predicted octanol–water partition coefficient (Wildman–Crippen LogP) is 14.2. The highest BCUT2D eigenvalue weighted by Crippen LogP contribution is 2.42. The first-order chi connectivity index (χ1) is 38.5. The number of aryl methyl sites for hydroxylation is 2. The minimum absolute atomic E-state index is 0.00770. The van der Waals surface area contributed by atoms with E-state index in [1.54, 1.807) is 43.4 Å². The smallest absolute Gasteiger partial charge is 0.309 e. The number of Topliss-reactive ketones (excluding diaryl/α,β-unsaturated/α-hetero) is 2. The number of nitrogens with zero attached hydrogens (tertiary/aromatic N) is 2. The second-order valence-corrected chi connectivity index (χ2v) is 37.4. The molecule has 0 amide bonds. The molecule has 0 aromatic carbocycles. The highest BCUT2D eigenvalue weighted by molar-refractivity contribution is 7.09. The van der Waals surface area contributed by atoms with Gasteiger partial charge in [0, 0.05) is 40.9 Å². The summed E-state index contributed by atoms with van der Waals surface area (Å²) in [6.07, 6.45) is 6.93. The number of aliphatic hydroxyl groups excluding tert-OH is 2. The minimum atomic E-state index is -2.20. The Morgan fingerprint density at radius 3 is 1.45 bits per heavy atom. The number of thiazole rings is 2. The van der Waals surface area contributed by atoms with Crippen molar-refractivity contribution in [1.29, 1.82) is 0 Å². The SMILES string of the molecule is C/C(=C\c1csc(C)n1)[C@@H]1CC2O[C@@H]2CCC[C@H](C)[C@H](O)[C@@H](C)C(=O)C(C)(C)[C@@H](O)CC(=O)O1.CC[Si](CC)(CC)O[C@H]1[C@@H](C)CCC[C@H]2OC2C[C@@H](/C(C)=C/c2csc(C)n2)OC(=O)C[C@H](O[Si](CC)(CC)CC)C(C)(C)C(=O)[C@@H]1C. The molecule has 6 heterocycles. The van der Waals surface area contributed by atoms with Crippen molar-refractivity contribution in [3.8, 4) is 0 Å². The van der Waals surface area contributed by atoms with Gasteiger partial charge in [0.05, 0.1) is 88.5 Å². The summed E-state index contributed by atoms with van der Waals surface area (Å²) in [5.74, 6) is -1.82. The number of ether oxygens (including phenoxy) is 4. The van der Waals surface area contributed by atoms with Crippen LogP contribution in [-0.2, 0) is 47.0 Å². The van der Waals surface area contributed by atoms with Crippen LogP contribution in [0.25, 0.3) is 12.2 Å². The Bertz CT molecular complexity index is 2450. The van der Waals surface area contributed by atoms with Crippen molar-refractivity contribution in [3.05, 3.63) is 43.3 Å². The maximum atomic E-state index is 14.9. The second kappa shape index (κ2) is 30.7. The molecule has 0 radical (unpaired) electrons. The van der Waals surface area contributed by atoms with E-state index in [4.69, 9.17) is 27.8 Å². The summed E-state index contributed by atoms with van der Waals surface area (Å²) >= 11 is 3.17. The molecular formula is C64H106N2O12S2Si2. The molecule has 82 heavy (non-hydrogen) atoms. The topological polar surface area (TPSA) is 196 Å². The van der Waals surface area contributed by atoms with Crippen LogP contribution < -0.4 is 0 Å². The summed E-state index contributed by atoms with van der Waals surface area (Å²) in [7, 11) is -4.21. The molecule has 464 valence electrons. The van der Waals surface area contributed by atoms with Crippen LogP contribution in [0.15, 0.2) is 21.9 Å². The number of cyclic esters (lactones) is 2. The number of epoxide rings is 2. The van der Waals surface area contributed by atoms with Gasteiger partial charge in [0.15, 0.2) is 16.6 Å². The highest BCUT2D eigenvalue weighted by Gasteiger charge is 2.50. The summed E-state index contributed by atoms with van der Waals surface area (Å²) < 4.78 is 38.5. The number of hydrogen-bond donors (Lipinski definition) is 2. The van der Waals surface area contributed by atoms with Crippen LogP contribution in [-0.4, -0.2) is 121 Å². The lowest BCUT2D eigenvalue weighted by molar-refractivity contribution is -0.156. The molecule has 0 bridgehead atoms. The van der Waals surface area contributed by atoms with E-state index in [-0.39, 0.29) is 78.7 Å². The molecule has 18 heteroatoms. The first kappa shape index (κ1) is 70.0. The van der Waals surface area contributed by atoms with Gasteiger partial charge in [0.25, 0.3) is 0 Å². The Balaban J connectivity index is 0.000000318. The van der Waals surface area contributed by atoms with E-state index in [0.717, 1.165) is 107 Å². The molecule has 2 aromatic rings. The molecule has 14 atom stereocenters. The molecule has 14 nitrogen and oxygen atoms in total. The Morgan fingerprint density at radius 2 is 1.02 bits per heavy atom. The zero-order valence-electron chi connectivity index (χ0n) is 53.4. The molecule has 2 N–H and O–H groups in total. The third-order valence-corrected chi connectivity index (χ3v) is 30.3. The van der Waals surface area contributed by atoms with Gasteiger partial charge in [-0.15, -0.1) is 22.7 Å². The van der Waals surface area contributed by atoms with Gasteiger partial charge in [-0.3, -0.25) is 19.2 Å². The fourth-order valence-electron chi connectivity index (χ4n) is 12.5. The van der Waals surface area contributed by atoms with Gasteiger partial charge < -0.3 is 38.0 Å². The quantitative estimate of drug-likeness (QED) is 0.103. The van der Waals surface area contributed by atoms with Gasteiger partial charge in [-0.2, -0.15) is 0 Å². The molecule has 0 spiro atoms. The van der Waals surface area contributed by atoms with Crippen LogP contribution in [0.5, 0.6) is 0 Å². The van der Waals surface area contributed by atoms with E-state index in [1.165, 1.54) is 0 Å². The monoisotopic (exact) mass is 1210 g/mol. The third kappa shape index (κ3) is 18.6. The number of esters is 2. The number of aliphatic hydroxyl groups is 2. The summed E-state index contributed by atoms with van der Waals surface area (Å²) in [4.78, 5) is 64.0. The number of carbonyl (C=O) groups excluding carboxylic acids is 4. The van der Waals surface area contributed by atoms with Crippen LogP contribution >= 0.6 is 22.7 Å².